The molecule has 2 heterocycles. The Kier molecular flexibility index (Phi) is 5.04. The molecule has 0 amide bonds. The average Bonchev–Trinajstić information content (AvgIpc) is 2.84. The molecule has 26 heavy (non-hydrogen) atoms. The maximum absolute atomic E-state index is 5.85. The molecule has 5 heteroatoms. The predicted molar refractivity (Wildman–Crippen MR) is 105 cm³/mol. The van der Waals surface area contributed by atoms with E-state index >= 15 is 0 Å². The van der Waals surface area contributed by atoms with Crippen LogP contribution in [0.25, 0.3) is 17.0 Å². The van der Waals surface area contributed by atoms with E-state index in [0.717, 1.165) is 22.8 Å². The van der Waals surface area contributed by atoms with Crippen LogP contribution in [0.15, 0.2) is 42.7 Å². The molecule has 1 N–H and O–H groups in total. The van der Waals surface area contributed by atoms with E-state index in [1.807, 2.05) is 37.4 Å². The van der Waals surface area contributed by atoms with Gasteiger partial charge in [-0.15, -0.1) is 0 Å². The van der Waals surface area contributed by atoms with Gasteiger partial charge in [0.15, 0.2) is 0 Å². The molecule has 1 aliphatic rings. The third-order valence-corrected chi connectivity index (χ3v) is 5.04. The van der Waals surface area contributed by atoms with Gasteiger partial charge in [0.1, 0.15) is 17.3 Å². The van der Waals surface area contributed by atoms with Crippen molar-refractivity contribution in [2.24, 2.45) is 0 Å². The molecule has 0 spiro atoms. The molecular formula is C21H26N4O. The number of benzene rings is 1. The third-order valence-electron chi connectivity index (χ3n) is 5.04. The Morgan fingerprint density at radius 2 is 1.92 bits per heavy atom. The van der Waals surface area contributed by atoms with E-state index in [2.05, 4.69) is 20.8 Å². The number of imidazole rings is 1. The highest BCUT2D eigenvalue weighted by Gasteiger charge is 2.21. The molecule has 1 saturated carbocycles. The number of fused-ring (bicyclic) bond motifs is 1. The van der Waals surface area contributed by atoms with Crippen LogP contribution < -0.4 is 10.1 Å². The molecule has 3 aromatic rings. The van der Waals surface area contributed by atoms with E-state index in [-0.39, 0.29) is 0 Å². The summed E-state index contributed by atoms with van der Waals surface area (Å²) in [4.78, 5) is 9.27. The second-order valence-corrected chi connectivity index (χ2v) is 6.86. The van der Waals surface area contributed by atoms with Crippen molar-refractivity contribution in [2.75, 3.05) is 11.9 Å². The number of nitrogens with zero attached hydrogens (tertiary/aromatic N) is 3. The maximum Gasteiger partial charge on any atom is 0.235 e. The van der Waals surface area contributed by atoms with Crippen LogP contribution in [0.5, 0.6) is 5.75 Å². The Hall–Kier alpha value is -2.56. The summed E-state index contributed by atoms with van der Waals surface area (Å²) in [6, 6.07) is 10.5. The fourth-order valence-electron chi connectivity index (χ4n) is 3.77. The zero-order valence-corrected chi connectivity index (χ0v) is 15.3. The summed E-state index contributed by atoms with van der Waals surface area (Å²) in [6.07, 6.45) is 11.5. The van der Waals surface area contributed by atoms with Crippen molar-refractivity contribution in [1.29, 1.82) is 0 Å². The molecular weight excluding hydrogens is 324 g/mol. The minimum absolute atomic E-state index is 0.482. The summed E-state index contributed by atoms with van der Waals surface area (Å²) in [7, 11) is 0. The van der Waals surface area contributed by atoms with Crippen LogP contribution in [-0.2, 0) is 0 Å². The van der Waals surface area contributed by atoms with Crippen LogP contribution in [-0.4, -0.2) is 27.0 Å². The van der Waals surface area contributed by atoms with Crippen LogP contribution in [0.4, 0.5) is 5.82 Å². The van der Waals surface area contributed by atoms with Gasteiger partial charge in [-0.05, 0) is 38.0 Å². The van der Waals surface area contributed by atoms with Crippen molar-refractivity contribution in [3.05, 3.63) is 42.7 Å². The fraction of sp³-hybridized carbons (Fsp3) is 0.429. The number of rotatable bonds is 5. The van der Waals surface area contributed by atoms with Gasteiger partial charge in [0.2, 0.25) is 5.78 Å². The van der Waals surface area contributed by atoms with E-state index in [1.54, 1.807) is 6.20 Å². The third kappa shape index (κ3) is 3.39. The molecule has 2 aromatic heterocycles. The first-order valence-corrected chi connectivity index (χ1v) is 9.68. The minimum Gasteiger partial charge on any atom is -0.493 e. The zero-order valence-electron chi connectivity index (χ0n) is 15.3. The summed E-state index contributed by atoms with van der Waals surface area (Å²) in [5.41, 5.74) is 1.92. The summed E-state index contributed by atoms with van der Waals surface area (Å²) < 4.78 is 7.91. The lowest BCUT2D eigenvalue weighted by Crippen LogP contribution is -2.19. The van der Waals surface area contributed by atoms with Gasteiger partial charge < -0.3 is 10.1 Å². The predicted octanol–water partition coefficient (Wildman–Crippen LogP) is 4.93. The standard InChI is InChI=1S/C21H26N4O/c1-2-26-18-13-8-7-12-17(18)19-20(23-16-10-5-3-4-6-11-16)25-15-9-14-22-21(25)24-19/h7-9,12-16,23H,2-6,10-11H2,1H3. The molecule has 1 aromatic carbocycles. The highest BCUT2D eigenvalue weighted by molar-refractivity contribution is 5.79. The van der Waals surface area contributed by atoms with Crippen molar-refractivity contribution in [1.82, 2.24) is 14.4 Å². The second-order valence-electron chi connectivity index (χ2n) is 6.86. The smallest absolute Gasteiger partial charge is 0.235 e. The van der Waals surface area contributed by atoms with Crippen LogP contribution in [0, 0.1) is 0 Å². The Morgan fingerprint density at radius 1 is 1.12 bits per heavy atom. The van der Waals surface area contributed by atoms with Gasteiger partial charge in [-0.25, -0.2) is 9.97 Å². The first kappa shape index (κ1) is 16.9. The highest BCUT2D eigenvalue weighted by Crippen LogP contribution is 2.36. The van der Waals surface area contributed by atoms with E-state index in [4.69, 9.17) is 9.72 Å². The van der Waals surface area contributed by atoms with Gasteiger partial charge in [-0.3, -0.25) is 4.40 Å². The van der Waals surface area contributed by atoms with Crippen molar-refractivity contribution in [3.63, 3.8) is 0 Å². The number of ether oxygens (including phenoxy) is 1. The molecule has 0 atom stereocenters. The number of para-hydroxylation sites is 1. The van der Waals surface area contributed by atoms with Gasteiger partial charge >= 0.3 is 0 Å². The summed E-state index contributed by atoms with van der Waals surface area (Å²) in [5, 5.41) is 3.79. The van der Waals surface area contributed by atoms with Crippen molar-refractivity contribution >= 4 is 11.6 Å². The Bertz CT molecular complexity index is 865. The molecule has 4 rings (SSSR count). The number of anilines is 1. The highest BCUT2D eigenvalue weighted by atomic mass is 16.5. The van der Waals surface area contributed by atoms with E-state index in [0.29, 0.717) is 18.4 Å². The molecule has 0 bridgehead atoms. The van der Waals surface area contributed by atoms with Gasteiger partial charge in [-0.2, -0.15) is 0 Å². The van der Waals surface area contributed by atoms with Gasteiger partial charge in [0, 0.05) is 24.0 Å². The lowest BCUT2D eigenvalue weighted by molar-refractivity contribution is 0.341. The van der Waals surface area contributed by atoms with Gasteiger partial charge in [0.25, 0.3) is 0 Å². The molecule has 0 aliphatic heterocycles. The van der Waals surface area contributed by atoms with E-state index in [1.165, 1.54) is 38.5 Å². The number of hydrogen-bond acceptors (Lipinski definition) is 4. The molecule has 5 nitrogen and oxygen atoms in total. The molecule has 0 radical (unpaired) electrons. The quantitative estimate of drug-likeness (QED) is 0.663. The van der Waals surface area contributed by atoms with Crippen molar-refractivity contribution in [2.45, 2.75) is 51.5 Å². The topological polar surface area (TPSA) is 51.5 Å². The lowest BCUT2D eigenvalue weighted by atomic mass is 10.1. The molecule has 1 aliphatic carbocycles. The van der Waals surface area contributed by atoms with Crippen LogP contribution in [0.3, 0.4) is 0 Å². The SMILES string of the molecule is CCOc1ccccc1-c1nc2ncccn2c1NC1CCCCCC1. The first-order chi connectivity index (χ1) is 12.9. The van der Waals surface area contributed by atoms with E-state index in [9.17, 15) is 0 Å². The fourth-order valence-corrected chi connectivity index (χ4v) is 3.77. The monoisotopic (exact) mass is 350 g/mol. The summed E-state index contributed by atoms with van der Waals surface area (Å²) in [6.45, 7) is 2.64. The number of aromatic nitrogens is 3. The average molecular weight is 350 g/mol. The Balaban J connectivity index is 1.79. The number of hydrogen-bond donors (Lipinski definition) is 1. The Morgan fingerprint density at radius 3 is 2.73 bits per heavy atom. The lowest BCUT2D eigenvalue weighted by Gasteiger charge is -2.19. The molecule has 1 fully saturated rings. The molecule has 0 saturated heterocycles. The van der Waals surface area contributed by atoms with Crippen LogP contribution in [0.1, 0.15) is 45.4 Å². The zero-order chi connectivity index (χ0) is 17.8. The van der Waals surface area contributed by atoms with Gasteiger partial charge in [0.05, 0.1) is 6.61 Å². The van der Waals surface area contributed by atoms with E-state index < -0.39 is 0 Å². The second kappa shape index (κ2) is 7.77. The Labute approximate surface area is 154 Å². The normalized spacial score (nSPS) is 15.7. The summed E-state index contributed by atoms with van der Waals surface area (Å²) in [5.74, 6) is 2.60. The molecule has 136 valence electrons. The summed E-state index contributed by atoms with van der Waals surface area (Å²) >= 11 is 0. The van der Waals surface area contributed by atoms with Crippen molar-refractivity contribution < 1.29 is 4.74 Å². The first-order valence-electron chi connectivity index (χ1n) is 9.68. The maximum atomic E-state index is 5.85. The van der Waals surface area contributed by atoms with Crippen LogP contribution in [0.2, 0.25) is 0 Å². The largest absolute Gasteiger partial charge is 0.493 e. The van der Waals surface area contributed by atoms with Gasteiger partial charge in [-0.1, -0.05) is 37.8 Å². The number of nitrogens with one attached hydrogen (secondary N) is 1. The molecule has 0 unspecified atom stereocenters. The van der Waals surface area contributed by atoms with Crippen LogP contribution >= 0.6 is 0 Å². The minimum atomic E-state index is 0.482. The van der Waals surface area contributed by atoms with Crippen molar-refractivity contribution in [3.8, 4) is 17.0 Å².